The van der Waals surface area contributed by atoms with Crippen molar-refractivity contribution in [2.24, 2.45) is 5.92 Å². The average Bonchev–Trinajstić information content (AvgIpc) is 3.53. The van der Waals surface area contributed by atoms with Gasteiger partial charge in [0, 0.05) is 18.2 Å². The van der Waals surface area contributed by atoms with Crippen molar-refractivity contribution >= 4 is 23.5 Å². The van der Waals surface area contributed by atoms with Crippen molar-refractivity contribution in [3.8, 4) is 11.1 Å². The second-order valence-electron chi connectivity index (χ2n) is 8.38. The Morgan fingerprint density at radius 2 is 1.90 bits per heavy atom. The molecule has 2 aromatic rings. The maximum absolute atomic E-state index is 13.6. The molecule has 1 amide bonds. The molecule has 0 radical (unpaired) electrons. The number of carbonyl (C=O) groups is 1. The number of guanidine groups is 1. The van der Waals surface area contributed by atoms with Crippen molar-refractivity contribution < 1.29 is 9.53 Å². The fraction of sp³-hybridized carbons (Fsp3) is 0.417. The number of ether oxygens (including phenoxy) is 1. The Hall–Kier alpha value is -2.37. The molecule has 4 rings (SSSR count). The van der Waals surface area contributed by atoms with E-state index >= 15 is 0 Å². The van der Waals surface area contributed by atoms with E-state index in [1.54, 1.807) is 4.90 Å². The van der Waals surface area contributed by atoms with Crippen molar-refractivity contribution in [1.82, 2.24) is 10.2 Å². The summed E-state index contributed by atoms with van der Waals surface area (Å²) in [6.07, 6.45) is 2.84. The summed E-state index contributed by atoms with van der Waals surface area (Å²) in [4.78, 5) is 15.2. The van der Waals surface area contributed by atoms with Crippen LogP contribution in [0, 0.1) is 11.3 Å². The molecule has 2 aliphatic rings. The minimum atomic E-state index is -0.857. The summed E-state index contributed by atoms with van der Waals surface area (Å²) in [6, 6.07) is 15.8. The SMILES string of the molecule is CC(C)OCCCN1C(=N)NC(c2cccc(-c3cccc(Cl)c3)c2)(C2CC2)C1=O. The van der Waals surface area contributed by atoms with E-state index in [2.05, 4.69) is 11.4 Å². The highest BCUT2D eigenvalue weighted by molar-refractivity contribution is 6.30. The van der Waals surface area contributed by atoms with Crippen LogP contribution in [0.25, 0.3) is 11.1 Å². The third kappa shape index (κ3) is 3.96. The van der Waals surface area contributed by atoms with Gasteiger partial charge in [0.2, 0.25) is 0 Å². The normalized spacial score (nSPS) is 21.4. The van der Waals surface area contributed by atoms with Crippen LogP contribution in [0.3, 0.4) is 0 Å². The molecular formula is C24H28ClN3O2. The van der Waals surface area contributed by atoms with E-state index in [1.165, 1.54) is 0 Å². The molecule has 5 nitrogen and oxygen atoms in total. The number of amides is 1. The third-order valence-corrected chi connectivity index (χ3v) is 6.05. The predicted octanol–water partition coefficient (Wildman–Crippen LogP) is 4.79. The molecule has 1 aliphatic carbocycles. The van der Waals surface area contributed by atoms with E-state index in [0.29, 0.717) is 24.6 Å². The minimum absolute atomic E-state index is 0.0252. The zero-order valence-corrected chi connectivity index (χ0v) is 18.2. The molecule has 30 heavy (non-hydrogen) atoms. The lowest BCUT2D eigenvalue weighted by atomic mass is 9.83. The van der Waals surface area contributed by atoms with Gasteiger partial charge in [-0.3, -0.25) is 15.1 Å². The van der Waals surface area contributed by atoms with Gasteiger partial charge in [-0.2, -0.15) is 0 Å². The zero-order chi connectivity index (χ0) is 21.3. The molecule has 0 spiro atoms. The molecule has 2 N–H and O–H groups in total. The zero-order valence-electron chi connectivity index (χ0n) is 17.5. The summed E-state index contributed by atoms with van der Waals surface area (Å²) in [7, 11) is 0. The van der Waals surface area contributed by atoms with Crippen LogP contribution in [-0.2, 0) is 15.1 Å². The van der Waals surface area contributed by atoms with Gasteiger partial charge in [-0.15, -0.1) is 0 Å². The molecule has 1 heterocycles. The molecule has 0 aromatic heterocycles. The Morgan fingerprint density at radius 1 is 1.20 bits per heavy atom. The van der Waals surface area contributed by atoms with E-state index in [4.69, 9.17) is 21.7 Å². The van der Waals surface area contributed by atoms with Gasteiger partial charge < -0.3 is 10.1 Å². The Morgan fingerprint density at radius 3 is 2.57 bits per heavy atom. The van der Waals surface area contributed by atoms with Gasteiger partial charge in [-0.25, -0.2) is 0 Å². The van der Waals surface area contributed by atoms with Gasteiger partial charge in [-0.05, 0) is 73.9 Å². The van der Waals surface area contributed by atoms with Crippen LogP contribution in [0.1, 0.15) is 38.7 Å². The lowest BCUT2D eigenvalue weighted by Gasteiger charge is -2.28. The van der Waals surface area contributed by atoms with Gasteiger partial charge >= 0.3 is 0 Å². The summed E-state index contributed by atoms with van der Waals surface area (Å²) in [5.74, 6) is 0.365. The largest absolute Gasteiger partial charge is 0.379 e. The molecule has 158 valence electrons. The van der Waals surface area contributed by atoms with Crippen LogP contribution in [0.4, 0.5) is 0 Å². The first-order valence-corrected chi connectivity index (χ1v) is 11.0. The van der Waals surface area contributed by atoms with E-state index in [1.807, 2.05) is 56.3 Å². The van der Waals surface area contributed by atoms with E-state index in [-0.39, 0.29) is 23.9 Å². The number of halogens is 1. The van der Waals surface area contributed by atoms with Gasteiger partial charge in [-0.1, -0.05) is 41.9 Å². The number of hydrogen-bond acceptors (Lipinski definition) is 3. The highest BCUT2D eigenvalue weighted by atomic mass is 35.5. The molecule has 1 atom stereocenters. The summed E-state index contributed by atoms with van der Waals surface area (Å²) in [5.41, 5.74) is 2.08. The molecule has 1 aliphatic heterocycles. The maximum Gasteiger partial charge on any atom is 0.259 e. The molecule has 0 bridgehead atoms. The topological polar surface area (TPSA) is 65.4 Å². The van der Waals surface area contributed by atoms with Crippen LogP contribution < -0.4 is 5.32 Å². The van der Waals surface area contributed by atoms with Gasteiger partial charge in [0.15, 0.2) is 5.96 Å². The smallest absolute Gasteiger partial charge is 0.259 e. The van der Waals surface area contributed by atoms with Gasteiger partial charge in [0.25, 0.3) is 5.91 Å². The Bertz CT molecular complexity index is 957. The van der Waals surface area contributed by atoms with Crippen molar-refractivity contribution in [2.75, 3.05) is 13.2 Å². The number of carbonyl (C=O) groups excluding carboxylic acids is 1. The summed E-state index contributed by atoms with van der Waals surface area (Å²) >= 11 is 6.18. The third-order valence-electron chi connectivity index (χ3n) is 5.81. The number of nitrogens with zero attached hydrogens (tertiary/aromatic N) is 1. The highest BCUT2D eigenvalue weighted by Crippen LogP contribution is 2.49. The number of rotatable bonds is 8. The minimum Gasteiger partial charge on any atom is -0.379 e. The van der Waals surface area contributed by atoms with E-state index < -0.39 is 5.54 Å². The summed E-state index contributed by atoms with van der Waals surface area (Å²) in [5, 5.41) is 12.4. The predicted molar refractivity (Wildman–Crippen MR) is 120 cm³/mol. The van der Waals surface area contributed by atoms with Gasteiger partial charge in [0.1, 0.15) is 5.54 Å². The van der Waals surface area contributed by atoms with E-state index in [9.17, 15) is 4.79 Å². The van der Waals surface area contributed by atoms with Crippen molar-refractivity contribution in [1.29, 1.82) is 5.41 Å². The second-order valence-corrected chi connectivity index (χ2v) is 8.81. The Labute approximate surface area is 182 Å². The monoisotopic (exact) mass is 425 g/mol. The van der Waals surface area contributed by atoms with Gasteiger partial charge in [0.05, 0.1) is 6.10 Å². The van der Waals surface area contributed by atoms with Crippen LogP contribution in [-0.4, -0.2) is 36.0 Å². The van der Waals surface area contributed by atoms with Crippen molar-refractivity contribution in [2.45, 2.75) is 44.8 Å². The molecule has 2 aromatic carbocycles. The number of benzene rings is 2. The number of hydrogen-bond donors (Lipinski definition) is 2. The second kappa shape index (κ2) is 8.40. The first kappa shape index (κ1) is 20.9. The summed E-state index contributed by atoms with van der Waals surface area (Å²) in [6.45, 7) is 5.06. The van der Waals surface area contributed by atoms with E-state index in [0.717, 1.165) is 29.5 Å². The molecule has 6 heteroatoms. The molecule has 2 fully saturated rings. The number of nitrogens with one attached hydrogen (secondary N) is 2. The Balaban J connectivity index is 1.62. The fourth-order valence-corrected chi connectivity index (χ4v) is 4.40. The van der Waals surface area contributed by atoms with Crippen LogP contribution in [0.2, 0.25) is 5.02 Å². The Kier molecular flexibility index (Phi) is 5.85. The average molecular weight is 426 g/mol. The quantitative estimate of drug-likeness (QED) is 0.597. The molecule has 1 saturated heterocycles. The van der Waals surface area contributed by atoms with Crippen molar-refractivity contribution in [3.05, 3.63) is 59.1 Å². The summed E-state index contributed by atoms with van der Waals surface area (Å²) < 4.78 is 5.60. The molecular weight excluding hydrogens is 398 g/mol. The fourth-order valence-electron chi connectivity index (χ4n) is 4.21. The van der Waals surface area contributed by atoms with Crippen LogP contribution in [0.15, 0.2) is 48.5 Å². The first-order chi connectivity index (χ1) is 14.4. The first-order valence-electron chi connectivity index (χ1n) is 10.6. The molecule has 1 saturated carbocycles. The highest BCUT2D eigenvalue weighted by Gasteiger charge is 2.58. The van der Waals surface area contributed by atoms with Crippen molar-refractivity contribution in [3.63, 3.8) is 0 Å². The van der Waals surface area contributed by atoms with Crippen LogP contribution >= 0.6 is 11.6 Å². The maximum atomic E-state index is 13.6. The standard InChI is InChI=1S/C24H28ClN3O2/c1-16(2)30-13-5-12-28-22(29)24(19-10-11-19,27-23(28)26)20-8-3-6-17(14-20)18-7-4-9-21(25)15-18/h3-4,6-9,14-16,19H,5,10-13H2,1-2H3,(H2,26,27). The lowest BCUT2D eigenvalue weighted by Crippen LogP contribution is -2.46. The lowest BCUT2D eigenvalue weighted by molar-refractivity contribution is -0.132. The van der Waals surface area contributed by atoms with Crippen LogP contribution in [0.5, 0.6) is 0 Å². The molecule has 1 unspecified atom stereocenters.